The third-order valence-corrected chi connectivity index (χ3v) is 3.69. The van der Waals surface area contributed by atoms with E-state index in [1.165, 1.54) is 0 Å². The van der Waals surface area contributed by atoms with E-state index in [2.05, 4.69) is 16.0 Å². The van der Waals surface area contributed by atoms with Crippen LogP contribution in [0.1, 0.15) is 16.8 Å². The molecule has 26 heavy (non-hydrogen) atoms. The number of hydrogen-bond donors (Lipinski definition) is 2. The van der Waals surface area contributed by atoms with Crippen LogP contribution < -0.4 is 15.6 Å². The first-order chi connectivity index (χ1) is 12.5. The fraction of sp³-hybridized carbons (Fsp3) is 0.211. The first-order valence-corrected chi connectivity index (χ1v) is 8.13. The van der Waals surface area contributed by atoms with Crippen molar-refractivity contribution in [2.75, 3.05) is 6.61 Å². The molecule has 0 aliphatic carbocycles. The van der Waals surface area contributed by atoms with Crippen LogP contribution in [0.3, 0.4) is 0 Å². The first kappa shape index (κ1) is 17.5. The second kappa shape index (κ2) is 7.69. The van der Waals surface area contributed by atoms with E-state index in [0.29, 0.717) is 17.0 Å². The molecule has 0 unspecified atom stereocenters. The maximum atomic E-state index is 12.0. The smallest absolute Gasteiger partial charge is 0.276 e. The Bertz CT molecular complexity index is 929. The Kier molecular flexibility index (Phi) is 5.17. The molecule has 7 nitrogen and oxygen atoms in total. The number of amides is 2. The van der Waals surface area contributed by atoms with E-state index in [-0.39, 0.29) is 13.0 Å². The Morgan fingerprint density at radius 3 is 2.50 bits per heavy atom. The van der Waals surface area contributed by atoms with E-state index in [0.717, 1.165) is 16.5 Å². The Morgan fingerprint density at radius 2 is 1.73 bits per heavy atom. The van der Waals surface area contributed by atoms with Crippen LogP contribution in [-0.2, 0) is 16.0 Å². The molecule has 0 radical (unpaired) electrons. The van der Waals surface area contributed by atoms with Crippen LogP contribution in [0.15, 0.2) is 47.0 Å². The molecule has 0 spiro atoms. The van der Waals surface area contributed by atoms with E-state index < -0.39 is 11.8 Å². The number of aromatic nitrogens is 1. The summed E-state index contributed by atoms with van der Waals surface area (Å²) in [6, 6.07) is 13.0. The van der Waals surface area contributed by atoms with E-state index in [1.807, 2.05) is 50.2 Å². The van der Waals surface area contributed by atoms with Gasteiger partial charge < -0.3 is 9.26 Å². The highest BCUT2D eigenvalue weighted by molar-refractivity contribution is 5.87. The molecule has 1 heterocycles. The van der Waals surface area contributed by atoms with E-state index in [4.69, 9.17) is 9.26 Å². The number of hydrogen-bond acceptors (Lipinski definition) is 5. The average molecular weight is 353 g/mol. The standard InChI is InChI=1S/C19H19N3O4/c1-12-7-13(2)9-14(8-12)25-11-19(24)21-20-18(23)10-16-15-5-3-4-6-17(15)26-22-16/h3-9H,10-11H2,1-2H3,(H,20,23)(H,21,24). The summed E-state index contributed by atoms with van der Waals surface area (Å²) in [5.74, 6) is -0.246. The van der Waals surface area contributed by atoms with Crippen molar-refractivity contribution in [2.24, 2.45) is 0 Å². The molecule has 0 saturated carbocycles. The second-order valence-corrected chi connectivity index (χ2v) is 6.01. The summed E-state index contributed by atoms with van der Waals surface area (Å²) in [6.07, 6.45) is -0.00474. The van der Waals surface area contributed by atoms with Gasteiger partial charge in [-0.05, 0) is 49.2 Å². The minimum Gasteiger partial charge on any atom is -0.484 e. The highest BCUT2D eigenvalue weighted by Crippen LogP contribution is 2.18. The van der Waals surface area contributed by atoms with Gasteiger partial charge in [0, 0.05) is 5.39 Å². The lowest BCUT2D eigenvalue weighted by Crippen LogP contribution is -2.44. The van der Waals surface area contributed by atoms with Crippen molar-refractivity contribution in [3.05, 3.63) is 59.3 Å². The van der Waals surface area contributed by atoms with Gasteiger partial charge in [-0.15, -0.1) is 0 Å². The maximum absolute atomic E-state index is 12.0. The van der Waals surface area contributed by atoms with Crippen molar-refractivity contribution in [3.63, 3.8) is 0 Å². The summed E-state index contributed by atoms with van der Waals surface area (Å²) < 4.78 is 10.6. The van der Waals surface area contributed by atoms with Gasteiger partial charge in [-0.2, -0.15) is 0 Å². The Balaban J connectivity index is 1.47. The minimum absolute atomic E-state index is 0.00474. The number of fused-ring (bicyclic) bond motifs is 1. The minimum atomic E-state index is -0.456. The molecule has 2 amide bonds. The Morgan fingerprint density at radius 1 is 1.04 bits per heavy atom. The second-order valence-electron chi connectivity index (χ2n) is 6.01. The predicted octanol–water partition coefficient (Wildman–Crippen LogP) is 2.21. The lowest BCUT2D eigenvalue weighted by molar-refractivity contribution is -0.129. The summed E-state index contributed by atoms with van der Waals surface area (Å²) in [4.78, 5) is 23.8. The molecule has 3 aromatic rings. The third kappa shape index (κ3) is 4.38. The molecule has 0 atom stereocenters. The van der Waals surface area contributed by atoms with Crippen molar-refractivity contribution in [3.8, 4) is 5.75 Å². The molecule has 134 valence electrons. The summed E-state index contributed by atoms with van der Waals surface area (Å²) >= 11 is 0. The number of benzene rings is 2. The number of para-hydroxylation sites is 1. The van der Waals surface area contributed by atoms with Gasteiger partial charge >= 0.3 is 0 Å². The van der Waals surface area contributed by atoms with Crippen molar-refractivity contribution in [1.82, 2.24) is 16.0 Å². The molecule has 2 aromatic carbocycles. The SMILES string of the molecule is Cc1cc(C)cc(OCC(=O)NNC(=O)Cc2noc3ccccc23)c1. The van der Waals surface area contributed by atoms with E-state index in [1.54, 1.807) is 6.07 Å². The maximum Gasteiger partial charge on any atom is 0.276 e. The zero-order chi connectivity index (χ0) is 18.5. The molecule has 0 bridgehead atoms. The third-order valence-electron chi connectivity index (χ3n) is 3.69. The van der Waals surface area contributed by atoms with Crippen molar-refractivity contribution in [1.29, 1.82) is 0 Å². The molecule has 1 aromatic heterocycles. The number of carbonyl (C=O) groups excluding carboxylic acids is 2. The van der Waals surface area contributed by atoms with Crippen LogP contribution in [0.25, 0.3) is 11.0 Å². The van der Waals surface area contributed by atoms with Gasteiger partial charge in [-0.1, -0.05) is 23.4 Å². The number of carbonyl (C=O) groups is 2. The molecule has 3 rings (SSSR count). The van der Waals surface area contributed by atoms with E-state index in [9.17, 15) is 9.59 Å². The van der Waals surface area contributed by atoms with Gasteiger partial charge in [0.25, 0.3) is 5.91 Å². The summed E-state index contributed by atoms with van der Waals surface area (Å²) in [7, 11) is 0. The topological polar surface area (TPSA) is 93.5 Å². The van der Waals surface area contributed by atoms with Crippen LogP contribution in [0, 0.1) is 13.8 Å². The summed E-state index contributed by atoms with van der Waals surface area (Å²) in [6.45, 7) is 3.71. The zero-order valence-electron chi connectivity index (χ0n) is 14.5. The van der Waals surface area contributed by atoms with Gasteiger partial charge in [0.15, 0.2) is 12.2 Å². The highest BCUT2D eigenvalue weighted by atomic mass is 16.5. The van der Waals surface area contributed by atoms with Gasteiger partial charge in [0.05, 0.1) is 6.42 Å². The van der Waals surface area contributed by atoms with Crippen LogP contribution in [-0.4, -0.2) is 23.6 Å². The fourth-order valence-corrected chi connectivity index (χ4v) is 2.60. The number of nitrogens with one attached hydrogen (secondary N) is 2. The number of hydrazine groups is 1. The van der Waals surface area contributed by atoms with Crippen molar-refractivity contribution in [2.45, 2.75) is 20.3 Å². The quantitative estimate of drug-likeness (QED) is 0.686. The Hall–Kier alpha value is -3.35. The first-order valence-electron chi connectivity index (χ1n) is 8.13. The number of aryl methyl sites for hydroxylation is 2. The molecule has 0 saturated heterocycles. The largest absolute Gasteiger partial charge is 0.484 e. The lowest BCUT2D eigenvalue weighted by Gasteiger charge is -2.09. The normalized spacial score (nSPS) is 10.5. The Labute approximate surface area is 150 Å². The molecule has 7 heteroatoms. The number of nitrogens with zero attached hydrogens (tertiary/aromatic N) is 1. The van der Waals surface area contributed by atoms with Crippen LogP contribution >= 0.6 is 0 Å². The van der Waals surface area contributed by atoms with Crippen LogP contribution in [0.2, 0.25) is 0 Å². The van der Waals surface area contributed by atoms with E-state index >= 15 is 0 Å². The van der Waals surface area contributed by atoms with Gasteiger partial charge in [-0.3, -0.25) is 20.4 Å². The lowest BCUT2D eigenvalue weighted by atomic mass is 10.1. The highest BCUT2D eigenvalue weighted by Gasteiger charge is 2.12. The molecule has 0 aliphatic heterocycles. The summed E-state index contributed by atoms with van der Waals surface area (Å²) in [5.41, 5.74) is 7.89. The molecule has 0 fully saturated rings. The van der Waals surface area contributed by atoms with Gasteiger partial charge in [0.1, 0.15) is 11.4 Å². The average Bonchev–Trinajstić information content (AvgIpc) is 3.00. The zero-order valence-corrected chi connectivity index (χ0v) is 14.5. The number of rotatable bonds is 5. The van der Waals surface area contributed by atoms with Crippen molar-refractivity contribution < 1.29 is 18.8 Å². The van der Waals surface area contributed by atoms with Gasteiger partial charge in [-0.25, -0.2) is 0 Å². The monoisotopic (exact) mass is 353 g/mol. The molecule has 0 aliphatic rings. The predicted molar refractivity (Wildman–Crippen MR) is 95.4 cm³/mol. The summed E-state index contributed by atoms with van der Waals surface area (Å²) in [5, 5.41) is 4.65. The van der Waals surface area contributed by atoms with Crippen molar-refractivity contribution >= 4 is 22.8 Å². The fourth-order valence-electron chi connectivity index (χ4n) is 2.60. The molecular weight excluding hydrogens is 334 g/mol. The van der Waals surface area contributed by atoms with Gasteiger partial charge in [0.2, 0.25) is 5.91 Å². The molecular formula is C19H19N3O4. The van der Waals surface area contributed by atoms with Crippen LogP contribution in [0.5, 0.6) is 5.75 Å². The number of ether oxygens (including phenoxy) is 1. The van der Waals surface area contributed by atoms with Crippen LogP contribution in [0.4, 0.5) is 0 Å². The molecule has 2 N–H and O–H groups in total.